The fourth-order valence-corrected chi connectivity index (χ4v) is 3.00. The molecule has 0 unspecified atom stereocenters. The van der Waals surface area contributed by atoms with Crippen molar-refractivity contribution in [1.29, 1.82) is 0 Å². The van der Waals surface area contributed by atoms with Crippen molar-refractivity contribution in [3.63, 3.8) is 0 Å². The Hall–Kier alpha value is -3.99. The molecule has 0 spiro atoms. The quantitative estimate of drug-likeness (QED) is 0.347. The van der Waals surface area contributed by atoms with Gasteiger partial charge in [-0.15, -0.1) is 0 Å². The Morgan fingerprint density at radius 3 is 2.55 bits per heavy atom. The van der Waals surface area contributed by atoms with E-state index in [1.165, 1.54) is 30.5 Å². The summed E-state index contributed by atoms with van der Waals surface area (Å²) in [6, 6.07) is 10.2. The van der Waals surface area contributed by atoms with E-state index in [1.807, 2.05) is 6.92 Å². The number of amides is 2. The van der Waals surface area contributed by atoms with E-state index in [9.17, 15) is 19.7 Å². The number of hydrogen-bond donors (Lipinski definition) is 1. The molecule has 11 heteroatoms. The average Bonchev–Trinajstić information content (AvgIpc) is 2.84. The first-order valence-corrected chi connectivity index (χ1v) is 10.3. The molecule has 1 aliphatic heterocycles. The zero-order valence-electron chi connectivity index (χ0n) is 18.1. The lowest BCUT2D eigenvalue weighted by Crippen LogP contribution is -2.43. The minimum Gasteiger partial charge on any atom is -0.490 e. The Kier molecular flexibility index (Phi) is 8.30. The van der Waals surface area contributed by atoms with Crippen LogP contribution in [0.3, 0.4) is 0 Å². The van der Waals surface area contributed by atoms with E-state index in [4.69, 9.17) is 14.2 Å². The minimum absolute atomic E-state index is 0.104. The zero-order chi connectivity index (χ0) is 23.6. The van der Waals surface area contributed by atoms with Gasteiger partial charge in [-0.2, -0.15) is 5.10 Å². The summed E-state index contributed by atoms with van der Waals surface area (Å²) in [5.41, 5.74) is 3.13. The van der Waals surface area contributed by atoms with Crippen LogP contribution in [0.5, 0.6) is 11.5 Å². The molecular formula is C22H24N4O7. The first-order valence-electron chi connectivity index (χ1n) is 10.3. The van der Waals surface area contributed by atoms with Gasteiger partial charge in [0.2, 0.25) is 0 Å². The number of non-ortho nitro benzene ring substituents is 1. The number of carbonyl (C=O) groups is 2. The van der Waals surface area contributed by atoms with Crippen LogP contribution in [0.4, 0.5) is 5.69 Å². The molecule has 0 bridgehead atoms. The molecule has 2 aromatic rings. The number of morpholine rings is 1. The molecule has 2 aromatic carbocycles. The normalized spacial score (nSPS) is 13.5. The van der Waals surface area contributed by atoms with Crippen molar-refractivity contribution in [1.82, 2.24) is 10.3 Å². The maximum Gasteiger partial charge on any atom is 0.271 e. The molecule has 0 saturated carbocycles. The molecule has 2 amide bonds. The lowest BCUT2D eigenvalue weighted by molar-refractivity contribution is -0.384. The molecule has 0 radical (unpaired) electrons. The Morgan fingerprint density at radius 2 is 1.88 bits per heavy atom. The average molecular weight is 456 g/mol. The summed E-state index contributed by atoms with van der Waals surface area (Å²) in [6.07, 6.45) is 1.43. The Labute approximate surface area is 190 Å². The number of carbonyl (C=O) groups excluding carboxylic acids is 2. The highest BCUT2D eigenvalue weighted by Crippen LogP contribution is 2.28. The maximum absolute atomic E-state index is 12.3. The number of nitro groups is 1. The highest BCUT2D eigenvalue weighted by molar-refractivity contribution is 5.95. The summed E-state index contributed by atoms with van der Waals surface area (Å²) in [5.74, 6) is 0.233. The summed E-state index contributed by atoms with van der Waals surface area (Å²) < 4.78 is 16.5. The first-order chi connectivity index (χ1) is 16.0. The van der Waals surface area contributed by atoms with E-state index < -0.39 is 10.8 Å². The number of nitro benzene ring substituents is 1. The molecule has 1 fully saturated rings. The number of rotatable bonds is 9. The zero-order valence-corrected chi connectivity index (χ0v) is 18.1. The fraction of sp³-hybridized carbons (Fsp3) is 0.318. The predicted molar refractivity (Wildman–Crippen MR) is 119 cm³/mol. The number of benzene rings is 2. The molecule has 1 aliphatic rings. The van der Waals surface area contributed by atoms with Crippen molar-refractivity contribution >= 4 is 23.7 Å². The first kappa shape index (κ1) is 23.7. The third kappa shape index (κ3) is 6.74. The van der Waals surface area contributed by atoms with Crippen LogP contribution < -0.4 is 14.9 Å². The lowest BCUT2D eigenvalue weighted by Gasteiger charge is -2.26. The summed E-state index contributed by atoms with van der Waals surface area (Å²) in [7, 11) is 0. The maximum atomic E-state index is 12.3. The molecular weight excluding hydrogens is 432 g/mol. The van der Waals surface area contributed by atoms with Gasteiger partial charge < -0.3 is 19.1 Å². The van der Waals surface area contributed by atoms with Gasteiger partial charge in [0.1, 0.15) is 0 Å². The highest BCUT2D eigenvalue weighted by Gasteiger charge is 2.18. The van der Waals surface area contributed by atoms with Crippen LogP contribution in [0.1, 0.15) is 22.8 Å². The molecule has 0 aromatic heterocycles. The molecule has 1 saturated heterocycles. The third-order valence-electron chi connectivity index (χ3n) is 4.70. The molecule has 11 nitrogen and oxygen atoms in total. The monoisotopic (exact) mass is 456 g/mol. The van der Waals surface area contributed by atoms with E-state index in [-0.39, 0.29) is 23.8 Å². The topological polar surface area (TPSA) is 133 Å². The van der Waals surface area contributed by atoms with Gasteiger partial charge in [0, 0.05) is 30.8 Å². The summed E-state index contributed by atoms with van der Waals surface area (Å²) in [4.78, 5) is 36.3. The van der Waals surface area contributed by atoms with Crippen molar-refractivity contribution in [3.8, 4) is 11.5 Å². The van der Waals surface area contributed by atoms with Gasteiger partial charge in [-0.25, -0.2) is 5.43 Å². The smallest absolute Gasteiger partial charge is 0.271 e. The molecule has 1 N–H and O–H groups in total. The molecule has 0 atom stereocenters. The Morgan fingerprint density at radius 1 is 1.15 bits per heavy atom. The SMILES string of the molecule is CCOc1cc(/C=N/NC(=O)c2ccc([N+](=O)[O-])cc2)ccc1OCC(=O)N1CCOCC1. The summed E-state index contributed by atoms with van der Waals surface area (Å²) >= 11 is 0. The van der Waals surface area contributed by atoms with Crippen molar-refractivity contribution in [2.75, 3.05) is 39.5 Å². The second-order valence-corrected chi connectivity index (χ2v) is 6.92. The second-order valence-electron chi connectivity index (χ2n) is 6.92. The minimum atomic E-state index is -0.540. The molecule has 33 heavy (non-hydrogen) atoms. The van der Waals surface area contributed by atoms with Gasteiger partial charge in [0.15, 0.2) is 18.1 Å². The standard InChI is InChI=1S/C22H24N4O7/c1-2-32-20-13-16(3-8-19(20)33-15-21(27)25-9-11-31-12-10-25)14-23-24-22(28)17-4-6-18(7-5-17)26(29)30/h3-8,13-14H,2,9-12,15H2,1H3,(H,24,28)/b23-14+. The largest absolute Gasteiger partial charge is 0.490 e. The van der Waals surface area contributed by atoms with Crippen LogP contribution in [-0.2, 0) is 9.53 Å². The Balaban J connectivity index is 1.59. The van der Waals surface area contributed by atoms with Crippen LogP contribution in [0, 0.1) is 10.1 Å². The van der Waals surface area contributed by atoms with Gasteiger partial charge >= 0.3 is 0 Å². The number of hydrazone groups is 1. The van der Waals surface area contributed by atoms with E-state index in [0.717, 1.165) is 0 Å². The van der Waals surface area contributed by atoms with Gasteiger partial charge in [-0.3, -0.25) is 19.7 Å². The van der Waals surface area contributed by atoms with Crippen LogP contribution in [-0.4, -0.2) is 67.4 Å². The molecule has 0 aliphatic carbocycles. The molecule has 174 valence electrons. The van der Waals surface area contributed by atoms with Gasteiger partial charge in [0.05, 0.1) is 31.0 Å². The number of nitrogens with one attached hydrogen (secondary N) is 1. The fourth-order valence-electron chi connectivity index (χ4n) is 3.00. The van der Waals surface area contributed by atoms with Crippen LogP contribution in [0.2, 0.25) is 0 Å². The lowest BCUT2D eigenvalue weighted by atomic mass is 10.2. The Bertz CT molecular complexity index is 1020. The van der Waals surface area contributed by atoms with Crippen molar-refractivity contribution in [2.45, 2.75) is 6.92 Å². The van der Waals surface area contributed by atoms with Gasteiger partial charge in [-0.1, -0.05) is 0 Å². The highest BCUT2D eigenvalue weighted by atomic mass is 16.6. The van der Waals surface area contributed by atoms with E-state index in [1.54, 1.807) is 23.1 Å². The van der Waals surface area contributed by atoms with Gasteiger partial charge in [-0.05, 0) is 42.8 Å². The number of ether oxygens (including phenoxy) is 3. The second kappa shape index (κ2) is 11.6. The van der Waals surface area contributed by atoms with E-state index >= 15 is 0 Å². The van der Waals surface area contributed by atoms with E-state index in [0.29, 0.717) is 50.0 Å². The number of hydrogen-bond acceptors (Lipinski definition) is 8. The van der Waals surface area contributed by atoms with Crippen molar-refractivity contribution in [2.24, 2.45) is 5.10 Å². The van der Waals surface area contributed by atoms with Crippen LogP contribution >= 0.6 is 0 Å². The summed E-state index contributed by atoms with van der Waals surface area (Å²) in [5, 5.41) is 14.6. The van der Waals surface area contributed by atoms with Gasteiger partial charge in [0.25, 0.3) is 17.5 Å². The van der Waals surface area contributed by atoms with Crippen molar-refractivity contribution < 1.29 is 28.7 Å². The summed E-state index contributed by atoms with van der Waals surface area (Å²) in [6.45, 7) is 4.23. The predicted octanol–water partition coefficient (Wildman–Crippen LogP) is 1.99. The molecule has 3 rings (SSSR count). The van der Waals surface area contributed by atoms with Crippen LogP contribution in [0.15, 0.2) is 47.6 Å². The molecule has 1 heterocycles. The van der Waals surface area contributed by atoms with Crippen molar-refractivity contribution in [3.05, 3.63) is 63.7 Å². The van der Waals surface area contributed by atoms with E-state index in [2.05, 4.69) is 10.5 Å². The van der Waals surface area contributed by atoms with Crippen LogP contribution in [0.25, 0.3) is 0 Å². The third-order valence-corrected chi connectivity index (χ3v) is 4.70. The number of nitrogens with zero attached hydrogens (tertiary/aromatic N) is 3.